The molecular formula is C19H20Cl2N4O3S2. The topological polar surface area (TPSA) is 75.5 Å². The van der Waals surface area contributed by atoms with Crippen LogP contribution in [0.5, 0.6) is 0 Å². The molecule has 0 atom stereocenters. The number of amides is 1. The Morgan fingerprint density at radius 1 is 1.17 bits per heavy atom. The molecule has 0 bridgehead atoms. The van der Waals surface area contributed by atoms with E-state index in [1.54, 1.807) is 17.0 Å². The summed E-state index contributed by atoms with van der Waals surface area (Å²) in [5.41, 5.74) is 1.73. The Morgan fingerprint density at radius 3 is 2.50 bits per heavy atom. The van der Waals surface area contributed by atoms with Crippen molar-refractivity contribution >= 4 is 60.7 Å². The number of hydrogen-bond donors (Lipinski definition) is 0. The number of carbonyl (C=O) groups is 1. The summed E-state index contributed by atoms with van der Waals surface area (Å²) >= 11 is 13.7. The molecule has 3 heterocycles. The second-order valence-electron chi connectivity index (χ2n) is 7.26. The van der Waals surface area contributed by atoms with E-state index in [0.717, 1.165) is 21.5 Å². The van der Waals surface area contributed by atoms with Crippen molar-refractivity contribution in [2.24, 2.45) is 0 Å². The maximum absolute atomic E-state index is 13.0. The third-order valence-electron chi connectivity index (χ3n) is 5.15. The second-order valence-corrected chi connectivity index (χ2v) is 11.1. The summed E-state index contributed by atoms with van der Waals surface area (Å²) in [7, 11) is -3.23. The Hall–Kier alpha value is -1.65. The molecule has 1 amide bonds. The molecule has 0 radical (unpaired) electrons. The van der Waals surface area contributed by atoms with Crippen molar-refractivity contribution in [3.05, 3.63) is 50.4 Å². The van der Waals surface area contributed by atoms with Crippen molar-refractivity contribution in [3.8, 4) is 0 Å². The van der Waals surface area contributed by atoms with E-state index in [9.17, 15) is 13.2 Å². The van der Waals surface area contributed by atoms with E-state index in [2.05, 4.69) is 5.10 Å². The highest BCUT2D eigenvalue weighted by Gasteiger charge is 2.28. The average molecular weight is 487 g/mol. The molecular weight excluding hydrogens is 467 g/mol. The molecule has 7 nitrogen and oxygen atoms in total. The lowest BCUT2D eigenvalue weighted by Crippen LogP contribution is -2.50. The third-order valence-corrected chi connectivity index (χ3v) is 8.17. The van der Waals surface area contributed by atoms with Crippen LogP contribution in [0.15, 0.2) is 24.3 Å². The summed E-state index contributed by atoms with van der Waals surface area (Å²) in [5, 5.41) is 6.67. The first-order valence-electron chi connectivity index (χ1n) is 9.29. The van der Waals surface area contributed by atoms with E-state index in [1.807, 2.05) is 23.7 Å². The Bertz CT molecular complexity index is 1230. The molecule has 3 aromatic rings. The lowest BCUT2D eigenvalue weighted by molar-refractivity contribution is 0.0703. The highest BCUT2D eigenvalue weighted by atomic mass is 35.5. The molecule has 1 aliphatic heterocycles. The van der Waals surface area contributed by atoms with Crippen molar-refractivity contribution < 1.29 is 13.2 Å². The maximum atomic E-state index is 13.0. The largest absolute Gasteiger partial charge is 0.335 e. The van der Waals surface area contributed by atoms with Crippen LogP contribution in [0.2, 0.25) is 10.0 Å². The Kier molecular flexibility index (Phi) is 5.84. The molecule has 2 aromatic heterocycles. The number of halogens is 2. The van der Waals surface area contributed by atoms with Gasteiger partial charge in [0.15, 0.2) is 0 Å². The standard InChI is InChI=1S/C19H20Cl2N4O3S2/c1-12-15-10-17(18(26)23-5-7-24(8-6-23)30(2,27)28)29-19(15)25(22-12)11-13-3-4-14(20)9-16(13)21/h3-4,9-10H,5-8,11H2,1-2H3. The summed E-state index contributed by atoms with van der Waals surface area (Å²) in [6.45, 7) is 3.78. The van der Waals surface area contributed by atoms with Crippen LogP contribution in [0.1, 0.15) is 20.9 Å². The predicted octanol–water partition coefficient (Wildman–Crippen LogP) is 3.48. The van der Waals surface area contributed by atoms with Gasteiger partial charge in [-0.2, -0.15) is 9.40 Å². The van der Waals surface area contributed by atoms with Gasteiger partial charge in [0.05, 0.1) is 23.4 Å². The van der Waals surface area contributed by atoms with Gasteiger partial charge in [-0.1, -0.05) is 29.3 Å². The molecule has 0 unspecified atom stereocenters. The van der Waals surface area contributed by atoms with Crippen LogP contribution in [0.4, 0.5) is 0 Å². The Balaban J connectivity index is 1.57. The van der Waals surface area contributed by atoms with Crippen LogP contribution in [0, 0.1) is 6.92 Å². The minimum absolute atomic E-state index is 0.0835. The molecule has 1 aromatic carbocycles. The third kappa shape index (κ3) is 4.22. The van der Waals surface area contributed by atoms with Gasteiger partial charge >= 0.3 is 0 Å². The number of piperazine rings is 1. The number of aryl methyl sites for hydroxylation is 1. The summed E-state index contributed by atoms with van der Waals surface area (Å²) < 4.78 is 26.6. The number of hydrogen-bond acceptors (Lipinski definition) is 5. The SMILES string of the molecule is Cc1nn(Cc2ccc(Cl)cc2Cl)c2sc(C(=O)N3CCN(S(C)(=O)=O)CC3)cc12. The van der Waals surface area contributed by atoms with E-state index in [-0.39, 0.29) is 5.91 Å². The van der Waals surface area contributed by atoms with Gasteiger partial charge in [0.2, 0.25) is 10.0 Å². The number of aromatic nitrogens is 2. The number of benzene rings is 1. The first kappa shape index (κ1) is 21.6. The van der Waals surface area contributed by atoms with Gasteiger partial charge in [-0.15, -0.1) is 11.3 Å². The fraction of sp³-hybridized carbons (Fsp3) is 0.368. The van der Waals surface area contributed by atoms with E-state index in [0.29, 0.717) is 47.6 Å². The molecule has 11 heteroatoms. The van der Waals surface area contributed by atoms with Gasteiger partial charge < -0.3 is 4.90 Å². The molecule has 1 fully saturated rings. The van der Waals surface area contributed by atoms with Gasteiger partial charge in [0.1, 0.15) is 4.83 Å². The molecule has 1 aliphatic rings. The smallest absolute Gasteiger partial charge is 0.264 e. The number of thiophene rings is 1. The highest BCUT2D eigenvalue weighted by molar-refractivity contribution is 7.88. The number of sulfonamides is 1. The van der Waals surface area contributed by atoms with Crippen LogP contribution in [0.3, 0.4) is 0 Å². The molecule has 160 valence electrons. The second kappa shape index (κ2) is 8.12. The quantitative estimate of drug-likeness (QED) is 0.565. The maximum Gasteiger partial charge on any atom is 0.264 e. The molecule has 4 rings (SSSR count). The summed E-state index contributed by atoms with van der Waals surface area (Å²) in [5.74, 6) is -0.0835. The van der Waals surface area contributed by atoms with Crippen LogP contribution in [-0.4, -0.2) is 65.7 Å². The van der Waals surface area contributed by atoms with Crippen molar-refractivity contribution in [3.63, 3.8) is 0 Å². The summed E-state index contributed by atoms with van der Waals surface area (Å²) in [4.78, 5) is 16.2. The first-order valence-corrected chi connectivity index (χ1v) is 12.7. The van der Waals surface area contributed by atoms with Crippen LogP contribution >= 0.6 is 34.5 Å². The average Bonchev–Trinajstić information content (AvgIpc) is 3.24. The molecule has 0 spiro atoms. The monoisotopic (exact) mass is 486 g/mol. The van der Waals surface area contributed by atoms with Crippen LogP contribution < -0.4 is 0 Å². The van der Waals surface area contributed by atoms with E-state index in [1.165, 1.54) is 21.9 Å². The minimum Gasteiger partial charge on any atom is -0.335 e. The number of rotatable bonds is 4. The number of carbonyl (C=O) groups excluding carboxylic acids is 1. The fourth-order valence-electron chi connectivity index (χ4n) is 3.52. The molecule has 30 heavy (non-hydrogen) atoms. The Morgan fingerprint density at radius 2 is 1.87 bits per heavy atom. The van der Waals surface area contributed by atoms with Gasteiger partial charge in [-0.25, -0.2) is 8.42 Å². The van der Waals surface area contributed by atoms with Crippen molar-refractivity contribution in [2.45, 2.75) is 13.5 Å². The molecule has 0 N–H and O–H groups in total. The lowest BCUT2D eigenvalue weighted by atomic mass is 10.2. The van der Waals surface area contributed by atoms with Gasteiger partial charge in [-0.05, 0) is 30.7 Å². The summed E-state index contributed by atoms with van der Waals surface area (Å²) in [6, 6.07) is 7.23. The van der Waals surface area contributed by atoms with E-state index < -0.39 is 10.0 Å². The minimum atomic E-state index is -3.23. The molecule has 1 saturated heterocycles. The van der Waals surface area contributed by atoms with Crippen LogP contribution in [0.25, 0.3) is 10.2 Å². The van der Waals surface area contributed by atoms with E-state index in [4.69, 9.17) is 23.2 Å². The number of fused-ring (bicyclic) bond motifs is 1. The first-order chi connectivity index (χ1) is 14.1. The highest BCUT2D eigenvalue weighted by Crippen LogP contribution is 2.31. The zero-order valence-corrected chi connectivity index (χ0v) is 19.6. The van der Waals surface area contributed by atoms with Gasteiger partial charge in [0, 0.05) is 41.6 Å². The predicted molar refractivity (Wildman–Crippen MR) is 120 cm³/mol. The summed E-state index contributed by atoms with van der Waals surface area (Å²) in [6.07, 6.45) is 1.19. The van der Waals surface area contributed by atoms with Gasteiger partial charge in [-0.3, -0.25) is 9.48 Å². The normalized spacial score (nSPS) is 15.8. The zero-order valence-electron chi connectivity index (χ0n) is 16.4. The van der Waals surface area contributed by atoms with Crippen molar-refractivity contribution in [2.75, 3.05) is 32.4 Å². The van der Waals surface area contributed by atoms with Crippen molar-refractivity contribution in [1.29, 1.82) is 0 Å². The molecule has 0 saturated carbocycles. The Labute approximate surface area is 188 Å². The van der Waals surface area contributed by atoms with Gasteiger partial charge in [0.25, 0.3) is 5.91 Å². The fourth-order valence-corrected chi connectivity index (χ4v) is 5.94. The lowest BCUT2D eigenvalue weighted by Gasteiger charge is -2.32. The van der Waals surface area contributed by atoms with E-state index >= 15 is 0 Å². The molecule has 0 aliphatic carbocycles. The van der Waals surface area contributed by atoms with Crippen molar-refractivity contribution in [1.82, 2.24) is 19.0 Å². The zero-order chi connectivity index (χ0) is 21.6. The van der Waals surface area contributed by atoms with Crippen LogP contribution in [-0.2, 0) is 16.6 Å². The number of nitrogens with zero attached hydrogens (tertiary/aromatic N) is 4.